The minimum atomic E-state index is -0.930. The number of rotatable bonds is 6. The monoisotopic (exact) mass is 366 g/mol. The number of imide groups is 1. The summed E-state index contributed by atoms with van der Waals surface area (Å²) in [4.78, 5) is 35.1. The Kier molecular flexibility index (Phi) is 5.17. The predicted octanol–water partition coefficient (Wildman–Crippen LogP) is 3.68. The first-order chi connectivity index (χ1) is 12.9. The molecule has 2 heterocycles. The second-order valence-electron chi connectivity index (χ2n) is 7.11. The summed E-state index contributed by atoms with van der Waals surface area (Å²) in [7, 11) is 0. The van der Waals surface area contributed by atoms with Gasteiger partial charge < -0.3 is 4.90 Å². The van der Waals surface area contributed by atoms with Crippen LogP contribution in [-0.4, -0.2) is 40.5 Å². The van der Waals surface area contributed by atoms with Gasteiger partial charge in [-0.25, -0.2) is 4.79 Å². The highest BCUT2D eigenvalue weighted by atomic mass is 16.2. The van der Waals surface area contributed by atoms with Crippen molar-refractivity contribution in [2.45, 2.75) is 39.8 Å². The molecule has 0 aliphatic carbocycles. The van der Waals surface area contributed by atoms with E-state index in [1.54, 1.807) is 31.1 Å². The van der Waals surface area contributed by atoms with Gasteiger partial charge in [0.25, 0.3) is 5.91 Å². The molecule has 2 aromatic rings. The van der Waals surface area contributed by atoms with Gasteiger partial charge in [-0.1, -0.05) is 0 Å². The number of hydrogen-bond acceptors (Lipinski definition) is 4. The third kappa shape index (κ3) is 3.39. The van der Waals surface area contributed by atoms with Gasteiger partial charge in [0, 0.05) is 36.9 Å². The number of aromatic nitrogens is 1. The number of amides is 3. The first-order valence-electron chi connectivity index (χ1n) is 9.30. The van der Waals surface area contributed by atoms with Gasteiger partial charge in [0.1, 0.15) is 5.54 Å². The van der Waals surface area contributed by atoms with Crippen LogP contribution in [0.3, 0.4) is 0 Å². The van der Waals surface area contributed by atoms with E-state index in [9.17, 15) is 9.59 Å². The molecule has 142 valence electrons. The van der Waals surface area contributed by atoms with E-state index in [1.165, 1.54) is 4.90 Å². The van der Waals surface area contributed by atoms with Crippen LogP contribution in [0.2, 0.25) is 0 Å². The molecule has 3 amide bonds. The fourth-order valence-corrected chi connectivity index (χ4v) is 3.52. The topological polar surface area (TPSA) is 56.8 Å². The molecule has 1 fully saturated rings. The lowest BCUT2D eigenvalue weighted by atomic mass is 10.0. The fraction of sp³-hybridized carbons (Fsp3) is 0.381. The highest BCUT2D eigenvalue weighted by molar-refractivity contribution is 6.16. The number of benzene rings is 1. The van der Waals surface area contributed by atoms with Crippen molar-refractivity contribution in [3.05, 3.63) is 54.4 Å². The largest absolute Gasteiger partial charge is 0.372 e. The zero-order valence-electron chi connectivity index (χ0n) is 16.3. The highest BCUT2D eigenvalue weighted by Gasteiger charge is 2.51. The lowest BCUT2D eigenvalue weighted by Crippen LogP contribution is -2.44. The molecule has 1 aliphatic heterocycles. The quantitative estimate of drug-likeness (QED) is 0.732. The Hall–Kier alpha value is -2.89. The molecule has 1 aromatic heterocycles. The smallest absolute Gasteiger partial charge is 0.332 e. The maximum Gasteiger partial charge on any atom is 0.332 e. The Balaban J connectivity index is 1.88. The number of anilines is 2. The summed E-state index contributed by atoms with van der Waals surface area (Å²) in [6.07, 6.45) is 3.32. The summed E-state index contributed by atoms with van der Waals surface area (Å²) >= 11 is 0. The molecule has 0 N–H and O–H groups in total. The zero-order chi connectivity index (χ0) is 19.6. The average molecular weight is 366 g/mol. The number of carbonyl (C=O) groups is 2. The highest BCUT2D eigenvalue weighted by Crippen LogP contribution is 2.34. The van der Waals surface area contributed by atoms with E-state index >= 15 is 0 Å². The summed E-state index contributed by atoms with van der Waals surface area (Å²) in [6, 6.07) is 11.2. The Bertz CT molecular complexity index is 814. The van der Waals surface area contributed by atoms with Crippen LogP contribution in [0.25, 0.3) is 0 Å². The Morgan fingerprint density at radius 1 is 0.963 bits per heavy atom. The molecule has 0 radical (unpaired) electrons. The summed E-state index contributed by atoms with van der Waals surface area (Å²) in [5.74, 6) is -0.197. The van der Waals surface area contributed by atoms with Crippen LogP contribution in [-0.2, 0) is 11.3 Å². The van der Waals surface area contributed by atoms with Crippen molar-refractivity contribution in [2.24, 2.45) is 0 Å². The van der Waals surface area contributed by atoms with Crippen molar-refractivity contribution in [3.8, 4) is 0 Å². The Morgan fingerprint density at radius 2 is 1.56 bits per heavy atom. The van der Waals surface area contributed by atoms with Gasteiger partial charge in [-0.15, -0.1) is 0 Å². The Morgan fingerprint density at radius 3 is 2.11 bits per heavy atom. The van der Waals surface area contributed by atoms with E-state index in [-0.39, 0.29) is 18.5 Å². The second kappa shape index (κ2) is 7.39. The van der Waals surface area contributed by atoms with Gasteiger partial charge in [0.05, 0.1) is 6.54 Å². The molecule has 0 saturated carbocycles. The van der Waals surface area contributed by atoms with Gasteiger partial charge in [-0.2, -0.15) is 0 Å². The van der Waals surface area contributed by atoms with Crippen molar-refractivity contribution in [3.63, 3.8) is 0 Å². The van der Waals surface area contributed by atoms with Crippen LogP contribution in [0.15, 0.2) is 48.8 Å². The molecule has 0 spiro atoms. The molecule has 27 heavy (non-hydrogen) atoms. The van der Waals surface area contributed by atoms with Gasteiger partial charge in [0.15, 0.2) is 0 Å². The summed E-state index contributed by atoms with van der Waals surface area (Å²) in [5, 5.41) is 0. The van der Waals surface area contributed by atoms with Gasteiger partial charge >= 0.3 is 6.03 Å². The maximum absolute atomic E-state index is 13.1. The average Bonchev–Trinajstić information content (AvgIpc) is 2.84. The normalized spacial score (nSPS) is 16.1. The van der Waals surface area contributed by atoms with E-state index < -0.39 is 5.54 Å². The number of carbonyl (C=O) groups excluding carboxylic acids is 2. The van der Waals surface area contributed by atoms with Crippen molar-refractivity contribution >= 4 is 23.3 Å². The molecule has 0 atom stereocenters. The first kappa shape index (κ1) is 18.9. The Labute approximate surface area is 160 Å². The first-order valence-corrected chi connectivity index (χ1v) is 9.30. The van der Waals surface area contributed by atoms with Crippen LogP contribution < -0.4 is 9.80 Å². The van der Waals surface area contributed by atoms with Gasteiger partial charge in [-0.05, 0) is 69.7 Å². The second-order valence-corrected chi connectivity index (χ2v) is 7.11. The van der Waals surface area contributed by atoms with Gasteiger partial charge in [-0.3, -0.25) is 19.6 Å². The van der Waals surface area contributed by atoms with Crippen molar-refractivity contribution in [1.82, 2.24) is 9.88 Å². The van der Waals surface area contributed by atoms with E-state index in [0.717, 1.165) is 30.0 Å². The molecular weight excluding hydrogens is 340 g/mol. The van der Waals surface area contributed by atoms with Crippen molar-refractivity contribution < 1.29 is 9.59 Å². The predicted molar refractivity (Wildman–Crippen MR) is 107 cm³/mol. The molecular formula is C21H26N4O2. The van der Waals surface area contributed by atoms with E-state index in [2.05, 4.69) is 23.7 Å². The molecule has 0 unspecified atom stereocenters. The van der Waals surface area contributed by atoms with Crippen LogP contribution in [0, 0.1) is 0 Å². The third-order valence-corrected chi connectivity index (χ3v) is 5.08. The summed E-state index contributed by atoms with van der Waals surface area (Å²) in [6.45, 7) is 9.89. The van der Waals surface area contributed by atoms with Crippen LogP contribution in [0.4, 0.5) is 16.2 Å². The van der Waals surface area contributed by atoms with E-state index in [1.807, 2.05) is 36.4 Å². The molecule has 1 aliphatic rings. The number of urea groups is 1. The number of hydrogen-bond donors (Lipinski definition) is 0. The zero-order valence-corrected chi connectivity index (χ0v) is 16.3. The number of pyridine rings is 1. The summed E-state index contributed by atoms with van der Waals surface area (Å²) < 4.78 is 0. The minimum absolute atomic E-state index is 0.197. The lowest BCUT2D eigenvalue weighted by molar-refractivity contribution is -0.130. The molecule has 1 saturated heterocycles. The molecule has 3 rings (SSSR count). The third-order valence-electron chi connectivity index (χ3n) is 5.08. The molecule has 6 heteroatoms. The summed E-state index contributed by atoms with van der Waals surface area (Å²) in [5.41, 5.74) is 1.78. The minimum Gasteiger partial charge on any atom is -0.372 e. The maximum atomic E-state index is 13.1. The van der Waals surface area contributed by atoms with Crippen molar-refractivity contribution in [1.29, 1.82) is 0 Å². The van der Waals surface area contributed by atoms with Crippen molar-refractivity contribution in [2.75, 3.05) is 22.9 Å². The van der Waals surface area contributed by atoms with Crippen LogP contribution >= 0.6 is 0 Å². The molecule has 6 nitrogen and oxygen atoms in total. The SMILES string of the molecule is CCN(CC)c1ccc(N2C(=O)N(Cc3ccncc3)C(=O)C2(C)C)cc1. The van der Waals surface area contributed by atoms with Gasteiger partial charge in [0.2, 0.25) is 0 Å². The van der Waals surface area contributed by atoms with Crippen LogP contribution in [0.5, 0.6) is 0 Å². The lowest BCUT2D eigenvalue weighted by Gasteiger charge is -2.28. The van der Waals surface area contributed by atoms with E-state index in [0.29, 0.717) is 0 Å². The molecule has 1 aromatic carbocycles. The number of nitrogens with zero attached hydrogens (tertiary/aromatic N) is 4. The molecule has 0 bridgehead atoms. The standard InChI is InChI=1S/C21H26N4O2/c1-5-23(6-2)17-7-9-18(10-8-17)25-20(27)24(19(26)21(25,3)4)15-16-11-13-22-14-12-16/h7-14H,5-6,15H2,1-4H3. The fourth-order valence-electron chi connectivity index (χ4n) is 3.52. The van der Waals surface area contributed by atoms with E-state index in [4.69, 9.17) is 0 Å². The van der Waals surface area contributed by atoms with Crippen LogP contribution in [0.1, 0.15) is 33.3 Å².